The third-order valence-electron chi connectivity index (χ3n) is 2.81. The molecule has 0 spiro atoms. The first-order valence-corrected chi connectivity index (χ1v) is 6.44. The lowest BCUT2D eigenvalue weighted by atomic mass is 10.1. The van der Waals surface area contributed by atoms with Gasteiger partial charge < -0.3 is 10.6 Å². The van der Waals surface area contributed by atoms with Crippen LogP contribution in [-0.2, 0) is 0 Å². The highest BCUT2D eigenvalue weighted by Gasteiger charge is 2.07. The Hall–Kier alpha value is -2.07. The Morgan fingerprint density at radius 2 is 1.85 bits per heavy atom. The third kappa shape index (κ3) is 3.48. The second kappa shape index (κ2) is 5.92. The highest BCUT2D eigenvalue weighted by Crippen LogP contribution is 2.20. The predicted octanol–water partition coefficient (Wildman–Crippen LogP) is 4.74. The minimum absolute atomic E-state index is 0.0330. The first kappa shape index (κ1) is 14.3. The van der Waals surface area contributed by atoms with Crippen LogP contribution < -0.4 is 10.6 Å². The van der Waals surface area contributed by atoms with Crippen molar-refractivity contribution in [2.75, 3.05) is 10.6 Å². The molecule has 0 saturated heterocycles. The second-order valence-corrected chi connectivity index (χ2v) is 4.93. The summed E-state index contributed by atoms with van der Waals surface area (Å²) in [7, 11) is 0. The van der Waals surface area contributed by atoms with Gasteiger partial charge in [-0.15, -0.1) is 0 Å². The summed E-state index contributed by atoms with van der Waals surface area (Å²) in [5, 5.41) is 5.30. The monoisotopic (exact) mass is 292 g/mol. The first-order chi connectivity index (χ1) is 9.45. The van der Waals surface area contributed by atoms with Gasteiger partial charge in [0.2, 0.25) is 0 Å². The van der Waals surface area contributed by atoms with Crippen molar-refractivity contribution in [2.24, 2.45) is 0 Å². The number of amides is 2. The average Bonchev–Trinajstić information content (AvgIpc) is 2.37. The zero-order valence-electron chi connectivity index (χ0n) is 11.1. The molecule has 2 aromatic carbocycles. The SMILES string of the molecule is Cc1ccc(NC(=O)Nc2ccc(F)c(Cl)c2)c(C)c1. The molecule has 0 aliphatic rings. The fraction of sp³-hybridized carbons (Fsp3) is 0.133. The summed E-state index contributed by atoms with van der Waals surface area (Å²) < 4.78 is 13.0. The molecule has 3 nitrogen and oxygen atoms in total. The number of hydrogen-bond donors (Lipinski definition) is 2. The molecular formula is C15H14ClFN2O. The van der Waals surface area contributed by atoms with E-state index in [0.717, 1.165) is 16.8 Å². The third-order valence-corrected chi connectivity index (χ3v) is 3.10. The highest BCUT2D eigenvalue weighted by molar-refractivity contribution is 6.31. The van der Waals surface area contributed by atoms with E-state index < -0.39 is 11.8 Å². The van der Waals surface area contributed by atoms with Crippen molar-refractivity contribution >= 4 is 29.0 Å². The topological polar surface area (TPSA) is 41.1 Å². The van der Waals surface area contributed by atoms with Crippen LogP contribution in [0.4, 0.5) is 20.6 Å². The van der Waals surface area contributed by atoms with E-state index in [2.05, 4.69) is 10.6 Å². The summed E-state index contributed by atoms with van der Waals surface area (Å²) in [6.07, 6.45) is 0. The normalized spacial score (nSPS) is 10.2. The van der Waals surface area contributed by atoms with E-state index in [9.17, 15) is 9.18 Å². The predicted molar refractivity (Wildman–Crippen MR) is 80.0 cm³/mol. The Morgan fingerprint density at radius 3 is 2.50 bits per heavy atom. The number of carbonyl (C=O) groups is 1. The van der Waals surface area contributed by atoms with Crippen molar-refractivity contribution in [2.45, 2.75) is 13.8 Å². The maximum Gasteiger partial charge on any atom is 0.323 e. The van der Waals surface area contributed by atoms with Crippen molar-refractivity contribution < 1.29 is 9.18 Å². The van der Waals surface area contributed by atoms with Crippen LogP contribution >= 0.6 is 11.6 Å². The van der Waals surface area contributed by atoms with Crippen molar-refractivity contribution in [3.05, 3.63) is 58.4 Å². The number of rotatable bonds is 2. The smallest absolute Gasteiger partial charge is 0.308 e. The summed E-state index contributed by atoms with van der Waals surface area (Å²) in [6.45, 7) is 3.90. The summed E-state index contributed by atoms with van der Waals surface area (Å²) >= 11 is 5.65. The molecular weight excluding hydrogens is 279 g/mol. The first-order valence-electron chi connectivity index (χ1n) is 6.06. The molecule has 2 aromatic rings. The summed E-state index contributed by atoms with van der Waals surface area (Å²) in [5.74, 6) is -0.521. The molecule has 0 saturated carbocycles. The van der Waals surface area contributed by atoms with Gasteiger partial charge in [-0.05, 0) is 43.7 Å². The van der Waals surface area contributed by atoms with Gasteiger partial charge in [-0.1, -0.05) is 29.3 Å². The highest BCUT2D eigenvalue weighted by atomic mass is 35.5. The lowest BCUT2D eigenvalue weighted by Crippen LogP contribution is -2.20. The number of anilines is 2. The summed E-state index contributed by atoms with van der Waals surface area (Å²) in [6, 6.07) is 9.33. The van der Waals surface area contributed by atoms with Crippen molar-refractivity contribution in [3.8, 4) is 0 Å². The standard InChI is InChI=1S/C15H14ClFN2O/c1-9-3-6-14(10(2)7-9)19-15(20)18-11-4-5-13(17)12(16)8-11/h3-8H,1-2H3,(H2,18,19,20). The zero-order chi connectivity index (χ0) is 14.7. The van der Waals surface area contributed by atoms with E-state index in [4.69, 9.17) is 11.6 Å². The van der Waals surface area contributed by atoms with Crippen LogP contribution in [0.2, 0.25) is 5.02 Å². The van der Waals surface area contributed by atoms with Gasteiger partial charge in [0.05, 0.1) is 5.02 Å². The molecule has 0 aliphatic heterocycles. The van der Waals surface area contributed by atoms with Gasteiger partial charge >= 0.3 is 6.03 Å². The summed E-state index contributed by atoms with van der Waals surface area (Å²) in [5.41, 5.74) is 3.25. The molecule has 2 amide bonds. The molecule has 5 heteroatoms. The van der Waals surface area contributed by atoms with Crippen LogP contribution in [0.3, 0.4) is 0 Å². The van der Waals surface area contributed by atoms with Crippen LogP contribution in [0.15, 0.2) is 36.4 Å². The second-order valence-electron chi connectivity index (χ2n) is 4.53. The Balaban J connectivity index is 2.07. The van der Waals surface area contributed by atoms with Crippen molar-refractivity contribution in [1.29, 1.82) is 0 Å². The van der Waals surface area contributed by atoms with Gasteiger partial charge in [0, 0.05) is 11.4 Å². The Labute approximate surface area is 121 Å². The molecule has 0 aromatic heterocycles. The molecule has 2 N–H and O–H groups in total. The largest absolute Gasteiger partial charge is 0.323 e. The fourth-order valence-electron chi connectivity index (χ4n) is 1.81. The number of hydrogen-bond acceptors (Lipinski definition) is 1. The number of halogens is 2. The Morgan fingerprint density at radius 1 is 1.10 bits per heavy atom. The maximum absolute atomic E-state index is 13.0. The number of urea groups is 1. The van der Waals surface area contributed by atoms with Crippen molar-refractivity contribution in [1.82, 2.24) is 0 Å². The Kier molecular flexibility index (Phi) is 4.25. The van der Waals surface area contributed by atoms with Gasteiger partial charge in [0.1, 0.15) is 5.82 Å². The van der Waals surface area contributed by atoms with Crippen LogP contribution in [0, 0.1) is 19.7 Å². The van der Waals surface area contributed by atoms with E-state index in [0.29, 0.717) is 5.69 Å². The minimum atomic E-state index is -0.521. The van der Waals surface area contributed by atoms with Crippen LogP contribution in [0.1, 0.15) is 11.1 Å². The fourth-order valence-corrected chi connectivity index (χ4v) is 1.99. The van der Waals surface area contributed by atoms with E-state index >= 15 is 0 Å². The lowest BCUT2D eigenvalue weighted by molar-refractivity contribution is 0.262. The van der Waals surface area contributed by atoms with Gasteiger partial charge in [0.25, 0.3) is 0 Å². The molecule has 20 heavy (non-hydrogen) atoms. The summed E-state index contributed by atoms with van der Waals surface area (Å²) in [4.78, 5) is 11.9. The minimum Gasteiger partial charge on any atom is -0.308 e. The Bertz CT molecular complexity index is 658. The molecule has 104 valence electrons. The van der Waals surface area contributed by atoms with Gasteiger partial charge in [0.15, 0.2) is 0 Å². The van der Waals surface area contributed by atoms with Crippen LogP contribution in [-0.4, -0.2) is 6.03 Å². The van der Waals surface area contributed by atoms with E-state index in [1.807, 2.05) is 32.0 Å². The molecule has 0 atom stereocenters. The molecule has 2 rings (SSSR count). The number of nitrogens with one attached hydrogen (secondary N) is 2. The maximum atomic E-state index is 13.0. The molecule has 0 heterocycles. The quantitative estimate of drug-likeness (QED) is 0.824. The molecule has 0 aliphatic carbocycles. The lowest BCUT2D eigenvalue weighted by Gasteiger charge is -2.10. The van der Waals surface area contributed by atoms with E-state index in [1.54, 1.807) is 0 Å². The van der Waals surface area contributed by atoms with Crippen LogP contribution in [0.5, 0.6) is 0 Å². The van der Waals surface area contributed by atoms with Crippen LogP contribution in [0.25, 0.3) is 0 Å². The molecule has 0 bridgehead atoms. The number of benzene rings is 2. The average molecular weight is 293 g/mol. The number of aryl methyl sites for hydroxylation is 2. The van der Waals surface area contributed by atoms with Gasteiger partial charge in [-0.25, -0.2) is 9.18 Å². The van der Waals surface area contributed by atoms with E-state index in [1.165, 1.54) is 18.2 Å². The van der Waals surface area contributed by atoms with Gasteiger partial charge in [-0.2, -0.15) is 0 Å². The van der Waals surface area contributed by atoms with Gasteiger partial charge in [-0.3, -0.25) is 0 Å². The molecule has 0 fully saturated rings. The van der Waals surface area contributed by atoms with Crippen molar-refractivity contribution in [3.63, 3.8) is 0 Å². The van der Waals surface area contributed by atoms with E-state index in [-0.39, 0.29) is 5.02 Å². The number of carbonyl (C=O) groups excluding carboxylic acids is 1. The zero-order valence-corrected chi connectivity index (χ0v) is 11.9. The molecule has 0 unspecified atom stereocenters. The molecule has 0 radical (unpaired) electrons.